The van der Waals surface area contributed by atoms with Crippen LogP contribution in [0.15, 0.2) is 65.7 Å². The maximum atomic E-state index is 13.1. The zero-order chi connectivity index (χ0) is 23.6. The third-order valence-corrected chi connectivity index (χ3v) is 5.52. The number of carbonyl (C=O) groups excluding carboxylic acids is 1. The summed E-state index contributed by atoms with van der Waals surface area (Å²) >= 11 is 0. The zero-order valence-corrected chi connectivity index (χ0v) is 17.4. The van der Waals surface area contributed by atoms with Crippen LogP contribution in [0.25, 0.3) is 11.3 Å². The van der Waals surface area contributed by atoms with Gasteiger partial charge in [0.1, 0.15) is 12.4 Å². The highest BCUT2D eigenvalue weighted by atomic mass is 19.4. The Kier molecular flexibility index (Phi) is 6.17. The van der Waals surface area contributed by atoms with Gasteiger partial charge in [-0.15, -0.1) is 0 Å². The first kappa shape index (κ1) is 22.5. The summed E-state index contributed by atoms with van der Waals surface area (Å²) < 4.78 is 52.4. The Morgan fingerprint density at radius 3 is 2.15 bits per heavy atom. The number of aromatic nitrogens is 2. The molecule has 1 saturated heterocycles. The Morgan fingerprint density at radius 2 is 1.58 bits per heavy atom. The average Bonchev–Trinajstić information content (AvgIpc) is 2.80. The van der Waals surface area contributed by atoms with Gasteiger partial charge in [-0.25, -0.2) is 9.37 Å². The molecular weight excluding hydrogens is 440 g/mol. The van der Waals surface area contributed by atoms with Crippen LogP contribution in [-0.2, 0) is 17.5 Å². The van der Waals surface area contributed by atoms with Crippen molar-refractivity contribution < 1.29 is 22.4 Å². The van der Waals surface area contributed by atoms with E-state index in [2.05, 4.69) is 9.88 Å². The standard InChI is InChI=1S/C23H20F4N4O2/c24-18-5-7-19(8-6-18)29-9-11-30(12-10-29)22(33)14-31-15-28-20(13-21(31)32)16-1-3-17(4-2-16)23(25,26)27/h1-8,13,15H,9-12,14H2. The Bertz CT molecular complexity index is 1180. The molecule has 1 aromatic heterocycles. The Labute approximate surface area is 186 Å². The molecule has 0 saturated carbocycles. The molecule has 0 unspecified atom stereocenters. The fraction of sp³-hybridized carbons (Fsp3) is 0.261. The topological polar surface area (TPSA) is 58.4 Å². The highest BCUT2D eigenvalue weighted by Gasteiger charge is 2.30. The van der Waals surface area contributed by atoms with Gasteiger partial charge in [-0.3, -0.25) is 14.2 Å². The van der Waals surface area contributed by atoms with Gasteiger partial charge in [0.2, 0.25) is 5.91 Å². The molecular formula is C23H20F4N4O2. The van der Waals surface area contributed by atoms with E-state index >= 15 is 0 Å². The van der Waals surface area contributed by atoms with Crippen LogP contribution in [0.2, 0.25) is 0 Å². The van der Waals surface area contributed by atoms with Gasteiger partial charge < -0.3 is 9.80 Å². The minimum absolute atomic E-state index is 0.185. The molecule has 0 bridgehead atoms. The van der Waals surface area contributed by atoms with Crippen LogP contribution in [0, 0.1) is 5.82 Å². The molecule has 172 valence electrons. The van der Waals surface area contributed by atoms with Crippen LogP contribution in [0.4, 0.5) is 23.2 Å². The summed E-state index contributed by atoms with van der Waals surface area (Å²) in [5.74, 6) is -0.545. The summed E-state index contributed by atoms with van der Waals surface area (Å²) in [7, 11) is 0. The largest absolute Gasteiger partial charge is 0.416 e. The molecule has 1 fully saturated rings. The van der Waals surface area contributed by atoms with E-state index in [4.69, 9.17) is 0 Å². The molecule has 0 aliphatic carbocycles. The molecule has 1 aliphatic heterocycles. The number of anilines is 1. The summed E-state index contributed by atoms with van der Waals surface area (Å²) in [5.41, 5.74) is 0.214. The summed E-state index contributed by atoms with van der Waals surface area (Å²) in [4.78, 5) is 32.9. The molecule has 1 amide bonds. The van der Waals surface area contributed by atoms with E-state index in [1.165, 1.54) is 41.2 Å². The van der Waals surface area contributed by atoms with Gasteiger partial charge >= 0.3 is 6.18 Å². The monoisotopic (exact) mass is 460 g/mol. The van der Waals surface area contributed by atoms with Gasteiger partial charge in [-0.05, 0) is 36.4 Å². The zero-order valence-electron chi connectivity index (χ0n) is 17.4. The van der Waals surface area contributed by atoms with E-state index in [0.29, 0.717) is 31.7 Å². The second-order valence-corrected chi connectivity index (χ2v) is 7.66. The number of halogens is 4. The highest BCUT2D eigenvalue weighted by Crippen LogP contribution is 2.30. The summed E-state index contributed by atoms with van der Waals surface area (Å²) in [6, 6.07) is 11.7. The van der Waals surface area contributed by atoms with Crippen molar-refractivity contribution in [1.29, 1.82) is 0 Å². The molecule has 2 heterocycles. The number of rotatable bonds is 4. The first-order chi connectivity index (χ1) is 15.7. The molecule has 4 rings (SSSR count). The number of alkyl halides is 3. The van der Waals surface area contributed by atoms with Crippen LogP contribution in [-0.4, -0.2) is 46.5 Å². The van der Waals surface area contributed by atoms with Crippen molar-refractivity contribution in [2.45, 2.75) is 12.7 Å². The Balaban J connectivity index is 1.38. The number of carbonyl (C=O) groups is 1. The van der Waals surface area contributed by atoms with Crippen LogP contribution < -0.4 is 10.5 Å². The van der Waals surface area contributed by atoms with Gasteiger partial charge in [-0.2, -0.15) is 13.2 Å². The minimum atomic E-state index is -4.44. The van der Waals surface area contributed by atoms with Crippen LogP contribution in [0.3, 0.4) is 0 Å². The van der Waals surface area contributed by atoms with Gasteiger partial charge in [0, 0.05) is 43.5 Å². The Hall–Kier alpha value is -3.69. The molecule has 0 radical (unpaired) electrons. The fourth-order valence-electron chi connectivity index (χ4n) is 3.64. The Morgan fingerprint density at radius 1 is 0.939 bits per heavy atom. The maximum Gasteiger partial charge on any atom is 0.416 e. The molecule has 1 aliphatic rings. The molecule has 6 nitrogen and oxygen atoms in total. The van der Waals surface area contributed by atoms with Crippen LogP contribution in [0.5, 0.6) is 0 Å². The van der Waals surface area contributed by atoms with Crippen LogP contribution in [0.1, 0.15) is 5.56 Å². The van der Waals surface area contributed by atoms with E-state index in [0.717, 1.165) is 17.8 Å². The second kappa shape index (κ2) is 9.05. The predicted molar refractivity (Wildman–Crippen MR) is 114 cm³/mol. The quantitative estimate of drug-likeness (QED) is 0.560. The van der Waals surface area contributed by atoms with Gasteiger partial charge in [0.05, 0.1) is 17.6 Å². The van der Waals surface area contributed by atoms with Crippen molar-refractivity contribution in [3.8, 4) is 11.3 Å². The van der Waals surface area contributed by atoms with Crippen molar-refractivity contribution in [1.82, 2.24) is 14.5 Å². The fourth-order valence-corrected chi connectivity index (χ4v) is 3.64. The van der Waals surface area contributed by atoms with Crippen molar-refractivity contribution >= 4 is 11.6 Å². The number of piperazine rings is 1. The minimum Gasteiger partial charge on any atom is -0.368 e. The van der Waals surface area contributed by atoms with Crippen LogP contribution >= 0.6 is 0 Å². The van der Waals surface area contributed by atoms with Gasteiger partial charge in [0.25, 0.3) is 5.56 Å². The second-order valence-electron chi connectivity index (χ2n) is 7.66. The molecule has 2 aromatic carbocycles. The number of hydrogen-bond donors (Lipinski definition) is 0. The summed E-state index contributed by atoms with van der Waals surface area (Å²) in [6.45, 7) is 1.90. The first-order valence-electron chi connectivity index (χ1n) is 10.2. The number of amides is 1. The van der Waals surface area contributed by atoms with Gasteiger partial charge in [-0.1, -0.05) is 12.1 Å². The molecule has 0 spiro atoms. The highest BCUT2D eigenvalue weighted by molar-refractivity contribution is 5.76. The lowest BCUT2D eigenvalue weighted by atomic mass is 10.1. The van der Waals surface area contributed by atoms with Gasteiger partial charge in [0.15, 0.2) is 0 Å². The number of nitrogens with zero attached hydrogens (tertiary/aromatic N) is 4. The van der Waals surface area contributed by atoms with E-state index in [9.17, 15) is 27.2 Å². The normalized spacial score (nSPS) is 14.4. The van der Waals surface area contributed by atoms with Crippen molar-refractivity contribution in [3.63, 3.8) is 0 Å². The number of benzene rings is 2. The lowest BCUT2D eigenvalue weighted by Crippen LogP contribution is -2.50. The van der Waals surface area contributed by atoms with E-state index in [1.54, 1.807) is 17.0 Å². The average molecular weight is 460 g/mol. The molecule has 0 N–H and O–H groups in total. The number of hydrogen-bond acceptors (Lipinski definition) is 4. The third-order valence-electron chi connectivity index (χ3n) is 5.52. The van der Waals surface area contributed by atoms with E-state index < -0.39 is 17.3 Å². The molecule has 10 heteroatoms. The maximum absolute atomic E-state index is 13.1. The molecule has 33 heavy (non-hydrogen) atoms. The van der Waals surface area contributed by atoms with Crippen molar-refractivity contribution in [3.05, 3.63) is 82.7 Å². The van der Waals surface area contributed by atoms with E-state index in [1.807, 2.05) is 0 Å². The van der Waals surface area contributed by atoms with Crippen molar-refractivity contribution in [2.24, 2.45) is 0 Å². The van der Waals surface area contributed by atoms with E-state index in [-0.39, 0.29) is 24.0 Å². The lowest BCUT2D eigenvalue weighted by molar-refractivity contribution is -0.137. The first-order valence-corrected chi connectivity index (χ1v) is 10.2. The SMILES string of the molecule is O=C(Cn1cnc(-c2ccc(C(F)(F)F)cc2)cc1=O)N1CCN(c2ccc(F)cc2)CC1. The molecule has 0 atom stereocenters. The van der Waals surface area contributed by atoms with Crippen molar-refractivity contribution in [2.75, 3.05) is 31.1 Å². The third kappa shape index (κ3) is 5.21. The summed E-state index contributed by atoms with van der Waals surface area (Å²) in [6.07, 6.45) is -3.22. The lowest BCUT2D eigenvalue weighted by Gasteiger charge is -2.36. The summed E-state index contributed by atoms with van der Waals surface area (Å²) in [5, 5.41) is 0. The predicted octanol–water partition coefficient (Wildman–Crippen LogP) is 3.42. The molecule has 3 aromatic rings. The smallest absolute Gasteiger partial charge is 0.368 e.